The number of fused-ring (bicyclic) bond motifs is 1. The summed E-state index contributed by atoms with van der Waals surface area (Å²) in [5, 5.41) is 17.0. The van der Waals surface area contributed by atoms with Crippen molar-refractivity contribution in [2.24, 2.45) is 0 Å². The lowest BCUT2D eigenvalue weighted by atomic mass is 9.99. The second-order valence-corrected chi connectivity index (χ2v) is 7.82. The molecule has 32 heavy (non-hydrogen) atoms. The Kier molecular flexibility index (Phi) is 6.38. The third-order valence-electron chi connectivity index (χ3n) is 5.27. The predicted octanol–water partition coefficient (Wildman–Crippen LogP) is 3.37. The molecule has 0 spiro atoms. The van der Waals surface area contributed by atoms with Gasteiger partial charge in [0.15, 0.2) is 11.0 Å². The van der Waals surface area contributed by atoms with Crippen LogP contribution in [0.15, 0.2) is 36.4 Å². The Hall–Kier alpha value is -3.43. The van der Waals surface area contributed by atoms with E-state index < -0.39 is 0 Å². The van der Waals surface area contributed by atoms with Gasteiger partial charge >= 0.3 is 0 Å². The molecular formula is C22H24ClN7O2. The van der Waals surface area contributed by atoms with E-state index in [1.807, 2.05) is 12.1 Å². The van der Waals surface area contributed by atoms with Gasteiger partial charge in [0, 0.05) is 20.1 Å². The minimum Gasteiger partial charge on any atom is -0.495 e. The van der Waals surface area contributed by atoms with Crippen LogP contribution in [0.4, 0.5) is 23.1 Å². The van der Waals surface area contributed by atoms with Crippen molar-refractivity contribution in [3.63, 3.8) is 0 Å². The fraction of sp³-hybridized carbons (Fsp3) is 0.273. The van der Waals surface area contributed by atoms with Crippen LogP contribution in [-0.4, -0.2) is 53.7 Å². The van der Waals surface area contributed by atoms with Crippen LogP contribution in [0.5, 0.6) is 5.75 Å². The number of hydrogen-bond acceptors (Lipinski definition) is 8. The van der Waals surface area contributed by atoms with E-state index in [1.165, 1.54) is 11.1 Å². The van der Waals surface area contributed by atoms with Crippen molar-refractivity contribution in [1.82, 2.24) is 25.4 Å². The predicted molar refractivity (Wildman–Crippen MR) is 124 cm³/mol. The van der Waals surface area contributed by atoms with Crippen molar-refractivity contribution in [3.8, 4) is 5.75 Å². The number of carbonyl (C=O) groups excluding carboxylic acids is 1. The number of likely N-dealkylation sites (N-methyl/N-ethyl adjacent to an activating group) is 1. The maximum absolute atomic E-state index is 12.2. The summed E-state index contributed by atoms with van der Waals surface area (Å²) in [6, 6.07) is 11.2. The summed E-state index contributed by atoms with van der Waals surface area (Å²) in [6.07, 6.45) is 0.973. The normalized spacial score (nSPS) is 13.2. The highest BCUT2D eigenvalue weighted by Crippen LogP contribution is 2.33. The minimum atomic E-state index is -0.228. The monoisotopic (exact) mass is 453 g/mol. The summed E-state index contributed by atoms with van der Waals surface area (Å²) < 4.78 is 5.58. The molecule has 0 fully saturated rings. The first-order valence-corrected chi connectivity index (χ1v) is 10.5. The first kappa shape index (κ1) is 21.8. The van der Waals surface area contributed by atoms with Crippen molar-refractivity contribution in [2.45, 2.75) is 13.0 Å². The molecule has 0 saturated carbocycles. The van der Waals surface area contributed by atoms with E-state index in [2.05, 4.69) is 49.1 Å². The van der Waals surface area contributed by atoms with Gasteiger partial charge in [-0.1, -0.05) is 23.7 Å². The Morgan fingerprint density at radius 1 is 1.12 bits per heavy atom. The summed E-state index contributed by atoms with van der Waals surface area (Å²) >= 11 is 6.23. The van der Waals surface area contributed by atoms with Crippen LogP contribution in [0.3, 0.4) is 0 Å². The lowest BCUT2D eigenvalue weighted by Gasteiger charge is -2.26. The molecule has 0 bridgehead atoms. The molecule has 2 aromatic carbocycles. The van der Waals surface area contributed by atoms with Gasteiger partial charge in [-0.05, 0) is 48.9 Å². The number of methoxy groups -OCH3 is 1. The fourth-order valence-corrected chi connectivity index (χ4v) is 3.74. The molecule has 9 nitrogen and oxygen atoms in total. The molecule has 166 valence electrons. The third-order valence-corrected chi connectivity index (χ3v) is 5.52. The van der Waals surface area contributed by atoms with Gasteiger partial charge in [0.25, 0.3) is 5.91 Å². The average molecular weight is 454 g/mol. The molecule has 0 radical (unpaired) electrons. The van der Waals surface area contributed by atoms with E-state index in [9.17, 15) is 4.79 Å². The highest BCUT2D eigenvalue weighted by molar-refractivity contribution is 6.31. The Morgan fingerprint density at radius 3 is 2.72 bits per heavy atom. The van der Waals surface area contributed by atoms with Crippen LogP contribution in [-0.2, 0) is 13.0 Å². The van der Waals surface area contributed by atoms with Crippen LogP contribution in [0.2, 0.25) is 5.15 Å². The molecule has 3 aromatic rings. The second kappa shape index (κ2) is 9.37. The molecular weight excluding hydrogens is 430 g/mol. The molecule has 2 heterocycles. The largest absolute Gasteiger partial charge is 0.495 e. The van der Waals surface area contributed by atoms with Gasteiger partial charge in [-0.2, -0.15) is 4.98 Å². The Balaban J connectivity index is 1.63. The zero-order chi connectivity index (χ0) is 22.7. The first-order chi connectivity index (χ1) is 15.5. The summed E-state index contributed by atoms with van der Waals surface area (Å²) in [6.45, 7) is 1.87. The third kappa shape index (κ3) is 4.58. The van der Waals surface area contributed by atoms with Gasteiger partial charge in [-0.15, -0.1) is 10.2 Å². The lowest BCUT2D eigenvalue weighted by molar-refractivity contribution is 0.0964. The molecule has 1 aliphatic heterocycles. The Labute approximate surface area is 191 Å². The molecule has 10 heteroatoms. The standard InChI is InChI=1S/C22H24ClN7O2/c1-24-21(31)15-6-4-5-7-16(15)25-20-19(23)28-29-22(27-20)26-17-10-14-12-30(2)9-8-13(14)11-18(17)32-3/h4-7,10-11H,8-9,12H2,1-3H3,(H,24,31)(H2,25,26,27,29). The highest BCUT2D eigenvalue weighted by atomic mass is 35.5. The van der Waals surface area contributed by atoms with E-state index in [4.69, 9.17) is 16.3 Å². The van der Waals surface area contributed by atoms with Gasteiger partial charge in [-0.25, -0.2) is 0 Å². The molecule has 0 unspecified atom stereocenters. The van der Waals surface area contributed by atoms with Crippen LogP contribution in [0, 0.1) is 0 Å². The van der Waals surface area contributed by atoms with E-state index >= 15 is 0 Å². The Morgan fingerprint density at radius 2 is 1.94 bits per heavy atom. The lowest BCUT2D eigenvalue weighted by Crippen LogP contribution is -2.26. The van der Waals surface area contributed by atoms with Gasteiger partial charge in [0.1, 0.15) is 5.75 Å². The molecule has 1 amide bonds. The Bertz CT molecular complexity index is 1160. The number of rotatable bonds is 6. The van der Waals surface area contributed by atoms with Crippen molar-refractivity contribution < 1.29 is 9.53 Å². The number of carbonyl (C=O) groups is 1. The number of nitrogens with one attached hydrogen (secondary N) is 3. The van der Waals surface area contributed by atoms with Crippen molar-refractivity contribution in [2.75, 3.05) is 38.4 Å². The quantitative estimate of drug-likeness (QED) is 0.522. The minimum absolute atomic E-state index is 0.0845. The average Bonchev–Trinajstić information content (AvgIpc) is 2.80. The first-order valence-electron chi connectivity index (χ1n) is 10.1. The number of anilines is 4. The number of nitrogens with zero attached hydrogens (tertiary/aromatic N) is 4. The SMILES string of the molecule is CNC(=O)c1ccccc1Nc1nc(Nc2cc3c(cc2OC)CCN(C)C3)nnc1Cl. The number of hydrogen-bond donors (Lipinski definition) is 3. The molecule has 4 rings (SSSR count). The van der Waals surface area contributed by atoms with Crippen molar-refractivity contribution in [1.29, 1.82) is 0 Å². The molecule has 1 aromatic heterocycles. The van der Waals surface area contributed by atoms with Gasteiger partial charge in [0.05, 0.1) is 24.0 Å². The molecule has 3 N–H and O–H groups in total. The summed E-state index contributed by atoms with van der Waals surface area (Å²) in [5.74, 6) is 0.994. The maximum Gasteiger partial charge on any atom is 0.253 e. The van der Waals surface area contributed by atoms with Gasteiger partial charge in [0.2, 0.25) is 5.95 Å². The van der Waals surface area contributed by atoms with E-state index in [0.29, 0.717) is 17.0 Å². The fourth-order valence-electron chi connectivity index (χ4n) is 3.61. The van der Waals surface area contributed by atoms with Crippen LogP contribution in [0.25, 0.3) is 0 Å². The highest BCUT2D eigenvalue weighted by Gasteiger charge is 2.18. The van der Waals surface area contributed by atoms with Gasteiger partial charge < -0.3 is 25.6 Å². The van der Waals surface area contributed by atoms with E-state index in [1.54, 1.807) is 32.4 Å². The number of para-hydroxylation sites is 1. The summed E-state index contributed by atoms with van der Waals surface area (Å²) in [5.41, 5.74) is 4.24. The van der Waals surface area contributed by atoms with E-state index in [-0.39, 0.29) is 22.8 Å². The maximum atomic E-state index is 12.2. The number of benzene rings is 2. The smallest absolute Gasteiger partial charge is 0.253 e. The number of amides is 1. The second-order valence-electron chi connectivity index (χ2n) is 7.46. The molecule has 1 aliphatic rings. The number of halogens is 1. The summed E-state index contributed by atoms with van der Waals surface area (Å²) in [4.78, 5) is 18.9. The molecule has 0 atom stereocenters. The topological polar surface area (TPSA) is 104 Å². The van der Waals surface area contributed by atoms with Crippen LogP contribution < -0.4 is 20.7 Å². The zero-order valence-electron chi connectivity index (χ0n) is 18.1. The molecule has 0 aliphatic carbocycles. The van der Waals surface area contributed by atoms with Gasteiger partial charge in [-0.3, -0.25) is 4.79 Å². The van der Waals surface area contributed by atoms with Crippen molar-refractivity contribution >= 4 is 40.6 Å². The van der Waals surface area contributed by atoms with Crippen molar-refractivity contribution in [3.05, 3.63) is 58.2 Å². The van der Waals surface area contributed by atoms with E-state index in [0.717, 1.165) is 25.2 Å². The zero-order valence-corrected chi connectivity index (χ0v) is 18.8. The summed E-state index contributed by atoms with van der Waals surface area (Å²) in [7, 11) is 5.30. The number of aromatic nitrogens is 3. The number of ether oxygens (including phenoxy) is 1. The van der Waals surface area contributed by atoms with Crippen LogP contribution in [0.1, 0.15) is 21.5 Å². The molecule has 0 saturated heterocycles. The van der Waals surface area contributed by atoms with Crippen LogP contribution >= 0.6 is 11.6 Å².